The molecule has 194 valence electrons. The maximum absolute atomic E-state index is 13.0. The van der Waals surface area contributed by atoms with Gasteiger partial charge in [0.2, 0.25) is 18.3 Å². The fourth-order valence-electron chi connectivity index (χ4n) is 4.77. The average molecular weight is 501 g/mol. The van der Waals surface area contributed by atoms with E-state index in [2.05, 4.69) is 0 Å². The zero-order chi connectivity index (χ0) is 26.4. The van der Waals surface area contributed by atoms with E-state index in [4.69, 9.17) is 28.4 Å². The second-order valence-corrected chi connectivity index (χ2v) is 9.19. The standard InChI is InChI=1S/C27H32O9/c1-8-13(2)26(29)36-25-16-11-18-23(35-12-34-18)24(33-7)20(16)19-15(9-14(3)27(25,4)30)10-17(31-5)22(32-6)21(19)28/h8,10-11,14,25,28,30H,9,12H2,1-7H3/b13-8-/t14-,25+,27+/m1/s1. The first-order chi connectivity index (χ1) is 17.1. The second-order valence-electron chi connectivity index (χ2n) is 9.19. The number of ether oxygens (including phenoxy) is 6. The van der Waals surface area contributed by atoms with E-state index in [1.165, 1.54) is 21.3 Å². The van der Waals surface area contributed by atoms with Crippen molar-refractivity contribution < 1.29 is 43.4 Å². The number of carbonyl (C=O) groups is 1. The molecule has 0 aromatic heterocycles. The Bertz CT molecular complexity index is 1230. The third-order valence-electron chi connectivity index (χ3n) is 7.15. The number of aliphatic hydroxyl groups is 1. The summed E-state index contributed by atoms with van der Waals surface area (Å²) in [4.78, 5) is 13.0. The van der Waals surface area contributed by atoms with Gasteiger partial charge in [0.1, 0.15) is 5.60 Å². The van der Waals surface area contributed by atoms with Crippen LogP contribution in [-0.2, 0) is 16.0 Å². The number of phenolic OH excluding ortho intramolecular Hbond substituents is 1. The number of carbonyl (C=O) groups excluding carboxylic acids is 1. The van der Waals surface area contributed by atoms with Crippen LogP contribution in [0, 0.1) is 5.92 Å². The number of hydrogen-bond donors (Lipinski definition) is 2. The van der Waals surface area contributed by atoms with Crippen LogP contribution in [0.15, 0.2) is 23.8 Å². The van der Waals surface area contributed by atoms with E-state index in [9.17, 15) is 15.0 Å². The highest BCUT2D eigenvalue weighted by molar-refractivity contribution is 5.90. The molecular formula is C27H32O9. The highest BCUT2D eigenvalue weighted by Gasteiger charge is 2.47. The van der Waals surface area contributed by atoms with Crippen molar-refractivity contribution in [2.45, 2.75) is 45.8 Å². The van der Waals surface area contributed by atoms with E-state index in [-0.39, 0.29) is 24.0 Å². The third-order valence-corrected chi connectivity index (χ3v) is 7.15. The number of aromatic hydroxyl groups is 1. The average Bonchev–Trinajstić information content (AvgIpc) is 3.33. The van der Waals surface area contributed by atoms with Gasteiger partial charge in [-0.05, 0) is 50.8 Å². The fourth-order valence-corrected chi connectivity index (χ4v) is 4.77. The predicted octanol–water partition coefficient (Wildman–Crippen LogP) is 4.31. The molecule has 9 heteroatoms. The van der Waals surface area contributed by atoms with Crippen molar-refractivity contribution >= 4 is 5.97 Å². The molecule has 2 N–H and O–H groups in total. The summed E-state index contributed by atoms with van der Waals surface area (Å²) < 4.78 is 34.1. The number of allylic oxidation sites excluding steroid dienone is 1. The van der Waals surface area contributed by atoms with E-state index < -0.39 is 23.6 Å². The van der Waals surface area contributed by atoms with Gasteiger partial charge in [0, 0.05) is 22.3 Å². The molecule has 1 aliphatic heterocycles. The van der Waals surface area contributed by atoms with Crippen LogP contribution in [0.1, 0.15) is 44.9 Å². The molecule has 0 unspecified atom stereocenters. The molecule has 0 saturated carbocycles. The highest BCUT2D eigenvalue weighted by Crippen LogP contribution is 2.58. The highest BCUT2D eigenvalue weighted by atomic mass is 16.7. The molecule has 2 aromatic rings. The van der Waals surface area contributed by atoms with Crippen LogP contribution in [0.3, 0.4) is 0 Å². The van der Waals surface area contributed by atoms with Gasteiger partial charge in [-0.25, -0.2) is 4.79 Å². The lowest BCUT2D eigenvalue weighted by Gasteiger charge is -2.41. The predicted molar refractivity (Wildman–Crippen MR) is 131 cm³/mol. The molecule has 0 amide bonds. The minimum absolute atomic E-state index is 0.0334. The second kappa shape index (κ2) is 9.46. The van der Waals surface area contributed by atoms with Gasteiger partial charge in [0.15, 0.2) is 29.1 Å². The quantitative estimate of drug-likeness (QED) is 0.458. The number of rotatable bonds is 5. The number of fused-ring (bicyclic) bond motifs is 4. The molecule has 4 rings (SSSR count). The first kappa shape index (κ1) is 25.5. The van der Waals surface area contributed by atoms with Crippen molar-refractivity contribution in [2.75, 3.05) is 28.1 Å². The molecule has 9 nitrogen and oxygen atoms in total. The number of phenols is 1. The summed E-state index contributed by atoms with van der Waals surface area (Å²) in [6, 6.07) is 3.43. The van der Waals surface area contributed by atoms with Crippen LogP contribution in [0.2, 0.25) is 0 Å². The zero-order valence-electron chi connectivity index (χ0n) is 21.6. The van der Waals surface area contributed by atoms with Gasteiger partial charge >= 0.3 is 5.97 Å². The molecule has 2 aliphatic rings. The molecule has 3 atom stereocenters. The molecule has 0 spiro atoms. The summed E-state index contributed by atoms with van der Waals surface area (Å²) >= 11 is 0. The number of esters is 1. The van der Waals surface area contributed by atoms with Gasteiger partial charge in [-0.2, -0.15) is 0 Å². The molecule has 0 saturated heterocycles. The molecule has 36 heavy (non-hydrogen) atoms. The fraction of sp³-hybridized carbons (Fsp3) is 0.444. The van der Waals surface area contributed by atoms with Crippen molar-refractivity contribution in [3.63, 3.8) is 0 Å². The SMILES string of the molecule is C/C=C(/C)C(=O)O[C@H]1c2cc3c(c(OC)c2-c2c(cc(OC)c(OC)c2O)C[C@@H](C)[C@]1(C)O)OCO3. The van der Waals surface area contributed by atoms with Crippen molar-refractivity contribution in [1.29, 1.82) is 0 Å². The van der Waals surface area contributed by atoms with E-state index in [0.29, 0.717) is 51.5 Å². The van der Waals surface area contributed by atoms with Crippen molar-refractivity contribution in [1.82, 2.24) is 0 Å². The van der Waals surface area contributed by atoms with Gasteiger partial charge in [-0.15, -0.1) is 0 Å². The summed E-state index contributed by atoms with van der Waals surface area (Å²) in [6.45, 7) is 6.83. The molecule has 0 fully saturated rings. The Morgan fingerprint density at radius 3 is 2.42 bits per heavy atom. The topological polar surface area (TPSA) is 113 Å². The lowest BCUT2D eigenvalue weighted by atomic mass is 9.73. The van der Waals surface area contributed by atoms with Gasteiger partial charge in [0.05, 0.1) is 21.3 Å². The van der Waals surface area contributed by atoms with Crippen LogP contribution in [0.4, 0.5) is 0 Å². The van der Waals surface area contributed by atoms with E-state index in [1.807, 2.05) is 6.92 Å². The summed E-state index contributed by atoms with van der Waals surface area (Å²) in [5.41, 5.74) is 0.767. The lowest BCUT2D eigenvalue weighted by molar-refractivity contribution is -0.166. The first-order valence-electron chi connectivity index (χ1n) is 11.6. The number of hydrogen-bond acceptors (Lipinski definition) is 9. The summed E-state index contributed by atoms with van der Waals surface area (Å²) in [6.07, 6.45) is 0.834. The minimum Gasteiger partial charge on any atom is -0.504 e. The molecule has 2 aromatic carbocycles. The Morgan fingerprint density at radius 2 is 1.81 bits per heavy atom. The van der Waals surface area contributed by atoms with Crippen LogP contribution in [-0.4, -0.2) is 49.9 Å². The maximum Gasteiger partial charge on any atom is 0.334 e. The summed E-state index contributed by atoms with van der Waals surface area (Å²) in [7, 11) is 4.39. The summed E-state index contributed by atoms with van der Waals surface area (Å²) in [5, 5.41) is 23.3. The molecule has 1 aliphatic carbocycles. The largest absolute Gasteiger partial charge is 0.504 e. The monoisotopic (exact) mass is 500 g/mol. The van der Waals surface area contributed by atoms with Crippen LogP contribution >= 0.6 is 0 Å². The third kappa shape index (κ3) is 3.87. The first-order valence-corrected chi connectivity index (χ1v) is 11.6. The molecule has 0 bridgehead atoms. The Morgan fingerprint density at radius 1 is 1.11 bits per heavy atom. The maximum atomic E-state index is 13.0. The van der Waals surface area contributed by atoms with Gasteiger partial charge < -0.3 is 38.6 Å². The van der Waals surface area contributed by atoms with Gasteiger partial charge in [0.25, 0.3) is 0 Å². The van der Waals surface area contributed by atoms with Gasteiger partial charge in [-0.3, -0.25) is 0 Å². The van der Waals surface area contributed by atoms with Crippen LogP contribution in [0.25, 0.3) is 11.1 Å². The Kier molecular flexibility index (Phi) is 6.70. The minimum atomic E-state index is -1.52. The van der Waals surface area contributed by atoms with Crippen molar-refractivity contribution in [2.24, 2.45) is 5.92 Å². The van der Waals surface area contributed by atoms with Crippen molar-refractivity contribution in [3.05, 3.63) is 34.9 Å². The Balaban J connectivity index is 2.14. The molecular weight excluding hydrogens is 468 g/mol. The van der Waals surface area contributed by atoms with Gasteiger partial charge in [-0.1, -0.05) is 13.0 Å². The smallest absolute Gasteiger partial charge is 0.334 e. The van der Waals surface area contributed by atoms with E-state index in [1.54, 1.807) is 39.0 Å². The zero-order valence-corrected chi connectivity index (χ0v) is 21.6. The Hall–Kier alpha value is -3.59. The lowest BCUT2D eigenvalue weighted by Crippen LogP contribution is -2.43. The normalized spacial score (nSPS) is 22.6. The molecule has 0 radical (unpaired) electrons. The van der Waals surface area contributed by atoms with Crippen molar-refractivity contribution in [3.8, 4) is 45.6 Å². The Labute approximate surface area is 210 Å². The van der Waals surface area contributed by atoms with E-state index in [0.717, 1.165) is 0 Å². The molecule has 1 heterocycles. The van der Waals surface area contributed by atoms with Crippen LogP contribution < -0.4 is 23.7 Å². The number of methoxy groups -OCH3 is 3. The van der Waals surface area contributed by atoms with E-state index >= 15 is 0 Å². The van der Waals surface area contributed by atoms with Crippen LogP contribution in [0.5, 0.6) is 34.5 Å². The summed E-state index contributed by atoms with van der Waals surface area (Å²) in [5.74, 6) is 0.317. The number of benzene rings is 2.